The molecule has 176 valence electrons. The Kier molecular flexibility index (Phi) is 6.30. The van der Waals surface area contributed by atoms with Gasteiger partial charge in [-0.25, -0.2) is 8.42 Å². The number of amidine groups is 1. The van der Waals surface area contributed by atoms with Gasteiger partial charge < -0.3 is 10.2 Å². The van der Waals surface area contributed by atoms with Crippen molar-refractivity contribution in [1.82, 2.24) is 9.21 Å². The zero-order valence-corrected chi connectivity index (χ0v) is 20.1. The molecule has 0 spiro atoms. The van der Waals surface area contributed by atoms with Crippen molar-refractivity contribution in [3.63, 3.8) is 0 Å². The minimum Gasteiger partial charge on any atom is -0.349 e. The summed E-state index contributed by atoms with van der Waals surface area (Å²) in [5.74, 6) is -0.225. The molecule has 2 aliphatic rings. The molecular weight excluding hydrogens is 464 g/mol. The summed E-state index contributed by atoms with van der Waals surface area (Å²) in [6.45, 7) is 2.61. The van der Waals surface area contributed by atoms with Crippen molar-refractivity contribution < 1.29 is 21.6 Å². The predicted octanol–water partition coefficient (Wildman–Crippen LogP) is 2.19. The number of nitrogens with one attached hydrogen (secondary N) is 1. The number of sulfonamides is 2. The van der Waals surface area contributed by atoms with Gasteiger partial charge in [0, 0.05) is 31.4 Å². The summed E-state index contributed by atoms with van der Waals surface area (Å²) < 4.78 is 55.8. The number of nitrogens with zero attached hydrogens (tertiary/aromatic N) is 3. The Morgan fingerprint density at radius 2 is 1.82 bits per heavy atom. The van der Waals surface area contributed by atoms with Crippen LogP contribution in [0.4, 0.5) is 5.69 Å². The number of fused-ring (bicyclic) bond motifs is 1. The fourth-order valence-corrected chi connectivity index (χ4v) is 6.79. The van der Waals surface area contributed by atoms with E-state index in [9.17, 15) is 21.6 Å². The van der Waals surface area contributed by atoms with Crippen LogP contribution in [0.5, 0.6) is 0 Å². The van der Waals surface area contributed by atoms with Crippen LogP contribution in [0.25, 0.3) is 0 Å². The van der Waals surface area contributed by atoms with Crippen LogP contribution in [0.15, 0.2) is 56.7 Å². The maximum absolute atomic E-state index is 13.0. The normalized spacial score (nSPS) is 17.8. The van der Waals surface area contributed by atoms with Gasteiger partial charge in [-0.05, 0) is 49.6 Å². The first-order chi connectivity index (χ1) is 15.6. The number of amides is 1. The van der Waals surface area contributed by atoms with Crippen LogP contribution in [0.3, 0.4) is 0 Å². The molecule has 1 amide bonds. The SMILES string of the molecule is Cc1ccc(S(=O)(=O)N2CCCCC2)cc1NC(=O)CN(C)C1=NS(=O)(=O)c2ccccc21. The minimum atomic E-state index is -3.79. The largest absolute Gasteiger partial charge is 0.349 e. The van der Waals surface area contributed by atoms with E-state index in [2.05, 4.69) is 9.71 Å². The van der Waals surface area contributed by atoms with Crippen molar-refractivity contribution in [3.8, 4) is 0 Å². The molecule has 0 aromatic heterocycles. The molecular formula is C22H26N4O5S2. The Bertz CT molecular complexity index is 1330. The monoisotopic (exact) mass is 490 g/mol. The first kappa shape index (κ1) is 23.4. The number of piperidine rings is 1. The molecule has 0 aliphatic carbocycles. The zero-order chi connectivity index (χ0) is 23.8. The van der Waals surface area contributed by atoms with Gasteiger partial charge in [-0.1, -0.05) is 24.6 Å². The molecule has 9 nitrogen and oxygen atoms in total. The van der Waals surface area contributed by atoms with Crippen LogP contribution in [-0.2, 0) is 24.8 Å². The minimum absolute atomic E-state index is 0.110. The number of hydrogen-bond donors (Lipinski definition) is 1. The maximum atomic E-state index is 13.0. The summed E-state index contributed by atoms with van der Waals surface area (Å²) in [4.78, 5) is 14.5. The molecule has 11 heteroatoms. The van der Waals surface area contributed by atoms with E-state index in [0.717, 1.165) is 24.8 Å². The number of hydrogen-bond acceptors (Lipinski definition) is 6. The summed E-state index contributed by atoms with van der Waals surface area (Å²) >= 11 is 0. The molecule has 1 N–H and O–H groups in total. The van der Waals surface area contributed by atoms with E-state index in [1.54, 1.807) is 44.3 Å². The third-order valence-corrected chi connectivity index (χ3v) is 9.01. The number of rotatable bonds is 5. The highest BCUT2D eigenvalue weighted by atomic mass is 32.2. The Morgan fingerprint density at radius 1 is 1.12 bits per heavy atom. The van der Waals surface area contributed by atoms with Crippen LogP contribution in [0, 0.1) is 6.92 Å². The molecule has 2 aliphatic heterocycles. The Labute approximate surface area is 194 Å². The fourth-order valence-electron chi connectivity index (χ4n) is 3.99. The lowest BCUT2D eigenvalue weighted by Crippen LogP contribution is -2.36. The second kappa shape index (κ2) is 8.88. The smallest absolute Gasteiger partial charge is 0.285 e. The van der Waals surface area contributed by atoms with Crippen molar-refractivity contribution >= 4 is 37.5 Å². The molecule has 0 unspecified atom stereocenters. The van der Waals surface area contributed by atoms with E-state index in [1.165, 1.54) is 21.3 Å². The highest BCUT2D eigenvalue weighted by Crippen LogP contribution is 2.28. The first-order valence-electron chi connectivity index (χ1n) is 10.7. The summed E-state index contributed by atoms with van der Waals surface area (Å²) in [6.07, 6.45) is 2.69. The summed E-state index contributed by atoms with van der Waals surface area (Å²) in [6, 6.07) is 11.1. The van der Waals surface area contributed by atoms with Crippen molar-refractivity contribution in [2.45, 2.75) is 36.0 Å². The number of likely N-dealkylation sites (N-methyl/N-ethyl adjacent to an activating group) is 1. The maximum Gasteiger partial charge on any atom is 0.285 e. The molecule has 33 heavy (non-hydrogen) atoms. The number of aryl methyl sites for hydroxylation is 1. The van der Waals surface area contributed by atoms with Gasteiger partial charge in [-0.2, -0.15) is 12.7 Å². The molecule has 1 saturated heterocycles. The molecule has 0 radical (unpaired) electrons. The Balaban J connectivity index is 1.51. The molecule has 4 rings (SSSR count). The van der Waals surface area contributed by atoms with E-state index >= 15 is 0 Å². The lowest BCUT2D eigenvalue weighted by molar-refractivity contribution is -0.116. The summed E-state index contributed by atoms with van der Waals surface area (Å²) in [7, 11) is -5.84. The first-order valence-corrected chi connectivity index (χ1v) is 13.5. The highest BCUT2D eigenvalue weighted by molar-refractivity contribution is 7.90. The second-order valence-electron chi connectivity index (χ2n) is 8.23. The molecule has 2 aromatic carbocycles. The quantitative estimate of drug-likeness (QED) is 0.687. The van der Waals surface area contributed by atoms with E-state index in [1.807, 2.05) is 0 Å². The van der Waals surface area contributed by atoms with Crippen molar-refractivity contribution in [1.29, 1.82) is 0 Å². The van der Waals surface area contributed by atoms with Crippen LogP contribution >= 0.6 is 0 Å². The van der Waals surface area contributed by atoms with Gasteiger partial charge in [0.15, 0.2) is 5.84 Å². The van der Waals surface area contributed by atoms with E-state index in [4.69, 9.17) is 0 Å². The van der Waals surface area contributed by atoms with Crippen LogP contribution in [0.2, 0.25) is 0 Å². The number of benzene rings is 2. The van der Waals surface area contributed by atoms with Crippen LogP contribution < -0.4 is 5.32 Å². The third kappa shape index (κ3) is 4.66. The molecule has 1 fully saturated rings. The van der Waals surface area contributed by atoms with E-state index in [-0.39, 0.29) is 22.2 Å². The van der Waals surface area contributed by atoms with Crippen LogP contribution in [0.1, 0.15) is 30.4 Å². The van der Waals surface area contributed by atoms with Crippen molar-refractivity contribution in [2.75, 3.05) is 32.0 Å². The molecule has 0 bridgehead atoms. The topological polar surface area (TPSA) is 116 Å². The van der Waals surface area contributed by atoms with Gasteiger partial charge in [0.05, 0.1) is 11.4 Å². The third-order valence-electron chi connectivity index (χ3n) is 5.79. The average Bonchev–Trinajstić information content (AvgIpc) is 3.07. The van der Waals surface area contributed by atoms with E-state index in [0.29, 0.717) is 24.3 Å². The van der Waals surface area contributed by atoms with Crippen molar-refractivity contribution in [3.05, 3.63) is 53.6 Å². The second-order valence-corrected chi connectivity index (χ2v) is 11.7. The van der Waals surface area contributed by atoms with Crippen LogP contribution in [-0.4, -0.2) is 64.5 Å². The van der Waals surface area contributed by atoms with Gasteiger partial charge in [-0.15, -0.1) is 4.40 Å². The van der Waals surface area contributed by atoms with Gasteiger partial charge >= 0.3 is 0 Å². The Hall–Kier alpha value is -2.76. The molecule has 0 atom stereocenters. The highest BCUT2D eigenvalue weighted by Gasteiger charge is 2.31. The van der Waals surface area contributed by atoms with E-state index < -0.39 is 26.0 Å². The summed E-state index contributed by atoms with van der Waals surface area (Å²) in [5.41, 5.74) is 1.56. The number of anilines is 1. The van der Waals surface area contributed by atoms with Gasteiger partial charge in [-0.3, -0.25) is 4.79 Å². The van der Waals surface area contributed by atoms with Gasteiger partial charge in [0.1, 0.15) is 4.90 Å². The van der Waals surface area contributed by atoms with Crippen molar-refractivity contribution in [2.24, 2.45) is 4.40 Å². The fraction of sp³-hybridized carbons (Fsp3) is 0.364. The number of carbonyl (C=O) groups excluding carboxylic acids is 1. The molecule has 0 saturated carbocycles. The zero-order valence-electron chi connectivity index (χ0n) is 18.5. The summed E-state index contributed by atoms with van der Waals surface area (Å²) in [5, 5.41) is 2.76. The van der Waals surface area contributed by atoms with Gasteiger partial charge in [0.25, 0.3) is 10.0 Å². The average molecular weight is 491 g/mol. The Morgan fingerprint density at radius 3 is 2.55 bits per heavy atom. The molecule has 2 aromatic rings. The number of carbonyl (C=O) groups is 1. The predicted molar refractivity (Wildman–Crippen MR) is 125 cm³/mol. The lowest BCUT2D eigenvalue weighted by atomic mass is 10.2. The van der Waals surface area contributed by atoms with Gasteiger partial charge in [0.2, 0.25) is 15.9 Å². The standard InChI is InChI=1S/C22H26N4O5S2/c1-16-10-11-17(33(30,31)26-12-6-3-7-13-26)14-19(16)23-21(27)15-25(2)22-18-8-4-5-9-20(18)32(28,29)24-22/h4-5,8-11,14H,3,6-7,12-13,15H2,1-2H3,(H,23,27). The molecule has 2 heterocycles. The lowest BCUT2D eigenvalue weighted by Gasteiger charge is -2.26.